The molecule has 0 spiro atoms. The minimum Gasteiger partial charge on any atom is -0.355 e. The van der Waals surface area contributed by atoms with Crippen LogP contribution >= 0.6 is 11.3 Å². The molecule has 1 atom stereocenters. The highest BCUT2D eigenvalue weighted by Gasteiger charge is 2.17. The van der Waals surface area contributed by atoms with E-state index in [4.69, 9.17) is 0 Å². The highest BCUT2D eigenvalue weighted by molar-refractivity contribution is 7.10. The van der Waals surface area contributed by atoms with Crippen LogP contribution in [0.25, 0.3) is 0 Å². The number of carbonyl (C=O) groups is 2. The lowest BCUT2D eigenvalue weighted by molar-refractivity contribution is -0.122. The van der Waals surface area contributed by atoms with E-state index >= 15 is 0 Å². The number of thiophene rings is 1. The zero-order chi connectivity index (χ0) is 18.9. The second kappa shape index (κ2) is 9.69. The van der Waals surface area contributed by atoms with Crippen LogP contribution in [-0.4, -0.2) is 18.4 Å². The van der Waals surface area contributed by atoms with Crippen molar-refractivity contribution >= 4 is 23.2 Å². The quantitative estimate of drug-likeness (QED) is 0.628. The van der Waals surface area contributed by atoms with E-state index in [0.717, 1.165) is 16.0 Å². The molecule has 0 saturated carbocycles. The largest absolute Gasteiger partial charge is 0.355 e. The van der Waals surface area contributed by atoms with Crippen LogP contribution in [0, 0.1) is 0 Å². The third-order valence-corrected chi connectivity index (χ3v) is 5.08. The molecule has 3 aromatic rings. The first-order valence-electron chi connectivity index (χ1n) is 8.91. The van der Waals surface area contributed by atoms with E-state index < -0.39 is 0 Å². The Balaban J connectivity index is 1.50. The number of rotatable bonds is 8. The molecule has 2 aromatic carbocycles. The van der Waals surface area contributed by atoms with Gasteiger partial charge in [0, 0.05) is 17.8 Å². The number of hydrogen-bond donors (Lipinski definition) is 2. The van der Waals surface area contributed by atoms with Gasteiger partial charge in [-0.1, -0.05) is 66.7 Å². The summed E-state index contributed by atoms with van der Waals surface area (Å²) in [7, 11) is 0. The molecule has 0 saturated heterocycles. The molecule has 4 nitrogen and oxygen atoms in total. The van der Waals surface area contributed by atoms with Gasteiger partial charge in [0.15, 0.2) is 0 Å². The van der Waals surface area contributed by atoms with Crippen LogP contribution in [0.4, 0.5) is 0 Å². The zero-order valence-corrected chi connectivity index (χ0v) is 15.7. The van der Waals surface area contributed by atoms with Crippen molar-refractivity contribution in [1.29, 1.82) is 0 Å². The smallest absolute Gasteiger partial charge is 0.224 e. The maximum absolute atomic E-state index is 12.4. The van der Waals surface area contributed by atoms with E-state index in [1.807, 2.05) is 78.2 Å². The van der Waals surface area contributed by atoms with Gasteiger partial charge in [0.1, 0.15) is 0 Å². The fourth-order valence-electron chi connectivity index (χ4n) is 2.81. The van der Waals surface area contributed by atoms with E-state index in [0.29, 0.717) is 13.0 Å². The summed E-state index contributed by atoms with van der Waals surface area (Å²) in [5.41, 5.74) is 2.00. The van der Waals surface area contributed by atoms with Crippen molar-refractivity contribution in [1.82, 2.24) is 10.6 Å². The topological polar surface area (TPSA) is 58.2 Å². The molecule has 3 rings (SSSR count). The van der Waals surface area contributed by atoms with Gasteiger partial charge in [-0.2, -0.15) is 0 Å². The van der Waals surface area contributed by atoms with E-state index in [-0.39, 0.29) is 24.3 Å². The van der Waals surface area contributed by atoms with Crippen molar-refractivity contribution in [3.63, 3.8) is 0 Å². The molecule has 1 heterocycles. The predicted octanol–water partition coefficient (Wildman–Crippen LogP) is 3.70. The normalized spacial score (nSPS) is 11.6. The highest BCUT2D eigenvalue weighted by Crippen LogP contribution is 2.25. The number of amides is 2. The number of benzene rings is 2. The van der Waals surface area contributed by atoms with Gasteiger partial charge in [-0.25, -0.2) is 0 Å². The molecular formula is C22H22N2O2S. The molecular weight excluding hydrogens is 356 g/mol. The average Bonchev–Trinajstić information content (AvgIpc) is 3.22. The molecule has 27 heavy (non-hydrogen) atoms. The summed E-state index contributed by atoms with van der Waals surface area (Å²) in [5, 5.41) is 7.89. The third-order valence-electron chi connectivity index (χ3n) is 4.15. The predicted molar refractivity (Wildman–Crippen MR) is 109 cm³/mol. The summed E-state index contributed by atoms with van der Waals surface area (Å²) in [6.45, 7) is 0.323. The van der Waals surface area contributed by atoms with Crippen LogP contribution < -0.4 is 10.6 Å². The third kappa shape index (κ3) is 5.79. The fraction of sp³-hybridized carbons (Fsp3) is 0.182. The molecule has 2 N–H and O–H groups in total. The molecule has 2 amide bonds. The average molecular weight is 378 g/mol. The van der Waals surface area contributed by atoms with Crippen molar-refractivity contribution in [2.24, 2.45) is 0 Å². The van der Waals surface area contributed by atoms with Crippen molar-refractivity contribution in [3.8, 4) is 0 Å². The standard InChI is InChI=1S/C22H22N2O2S/c25-20(13-14-23-21(26)16-17-8-3-1-4-9-17)24-22(19-12-7-15-27-19)18-10-5-2-6-11-18/h1-12,15,22H,13-14,16H2,(H,23,26)(H,24,25)/t22-/m1/s1. The van der Waals surface area contributed by atoms with Crippen LogP contribution in [0.15, 0.2) is 78.2 Å². The molecule has 138 valence electrons. The van der Waals surface area contributed by atoms with E-state index in [1.165, 1.54) is 0 Å². The summed E-state index contributed by atoms with van der Waals surface area (Å²) in [6, 6.07) is 23.3. The maximum Gasteiger partial charge on any atom is 0.224 e. The van der Waals surface area contributed by atoms with Gasteiger partial charge < -0.3 is 10.6 Å². The molecule has 0 fully saturated rings. The van der Waals surface area contributed by atoms with Gasteiger partial charge >= 0.3 is 0 Å². The van der Waals surface area contributed by atoms with Gasteiger partial charge in [0.25, 0.3) is 0 Å². The van der Waals surface area contributed by atoms with Crippen molar-refractivity contribution in [2.45, 2.75) is 18.9 Å². The summed E-state index contributed by atoms with van der Waals surface area (Å²) in [4.78, 5) is 25.5. The summed E-state index contributed by atoms with van der Waals surface area (Å²) < 4.78 is 0. The molecule has 0 aliphatic heterocycles. The Morgan fingerprint density at radius 2 is 1.56 bits per heavy atom. The first-order chi connectivity index (χ1) is 13.2. The van der Waals surface area contributed by atoms with Crippen LogP contribution in [0.5, 0.6) is 0 Å². The van der Waals surface area contributed by atoms with Gasteiger partial charge in [-0.05, 0) is 22.6 Å². The van der Waals surface area contributed by atoms with Crippen LogP contribution in [0.2, 0.25) is 0 Å². The minimum atomic E-state index is -0.168. The lowest BCUT2D eigenvalue weighted by Gasteiger charge is -2.18. The van der Waals surface area contributed by atoms with Gasteiger partial charge in [-0.3, -0.25) is 9.59 Å². The van der Waals surface area contributed by atoms with E-state index in [9.17, 15) is 9.59 Å². The van der Waals surface area contributed by atoms with E-state index in [1.54, 1.807) is 11.3 Å². The Morgan fingerprint density at radius 1 is 0.852 bits per heavy atom. The Kier molecular flexibility index (Phi) is 6.77. The molecule has 0 radical (unpaired) electrons. The highest BCUT2D eigenvalue weighted by atomic mass is 32.1. The second-order valence-electron chi connectivity index (χ2n) is 6.19. The lowest BCUT2D eigenvalue weighted by atomic mass is 10.1. The maximum atomic E-state index is 12.4. The Bertz CT molecular complexity index is 849. The zero-order valence-electron chi connectivity index (χ0n) is 14.9. The molecule has 0 aliphatic carbocycles. The van der Waals surface area contributed by atoms with Gasteiger partial charge in [-0.15, -0.1) is 11.3 Å². The molecule has 1 aromatic heterocycles. The summed E-state index contributed by atoms with van der Waals surface area (Å²) in [6.07, 6.45) is 0.569. The van der Waals surface area contributed by atoms with Crippen LogP contribution in [0.3, 0.4) is 0 Å². The van der Waals surface area contributed by atoms with Crippen LogP contribution in [0.1, 0.15) is 28.5 Å². The summed E-state index contributed by atoms with van der Waals surface area (Å²) >= 11 is 1.61. The fourth-order valence-corrected chi connectivity index (χ4v) is 3.61. The summed E-state index contributed by atoms with van der Waals surface area (Å²) in [5.74, 6) is -0.163. The molecule has 0 unspecified atom stereocenters. The minimum absolute atomic E-state index is 0.0770. The van der Waals surface area contributed by atoms with Gasteiger partial charge in [0.2, 0.25) is 11.8 Å². The second-order valence-corrected chi connectivity index (χ2v) is 7.17. The van der Waals surface area contributed by atoms with Gasteiger partial charge in [0.05, 0.1) is 12.5 Å². The SMILES string of the molecule is O=C(Cc1ccccc1)NCCC(=O)N[C@H](c1ccccc1)c1cccs1. The molecule has 0 aliphatic rings. The number of carbonyl (C=O) groups excluding carboxylic acids is 2. The van der Waals surface area contributed by atoms with Crippen molar-refractivity contribution in [2.75, 3.05) is 6.54 Å². The molecule has 0 bridgehead atoms. The number of hydrogen-bond acceptors (Lipinski definition) is 3. The van der Waals surface area contributed by atoms with E-state index in [2.05, 4.69) is 10.6 Å². The van der Waals surface area contributed by atoms with Crippen molar-refractivity contribution < 1.29 is 9.59 Å². The Labute approximate surface area is 163 Å². The first-order valence-corrected chi connectivity index (χ1v) is 9.78. The Morgan fingerprint density at radius 3 is 2.22 bits per heavy atom. The van der Waals surface area contributed by atoms with Crippen LogP contribution in [-0.2, 0) is 16.0 Å². The lowest BCUT2D eigenvalue weighted by Crippen LogP contribution is -2.33. The number of nitrogens with one attached hydrogen (secondary N) is 2. The Hall–Kier alpha value is -2.92. The molecule has 5 heteroatoms. The van der Waals surface area contributed by atoms with Crippen molar-refractivity contribution in [3.05, 3.63) is 94.2 Å². The first kappa shape index (κ1) is 18.9. The monoisotopic (exact) mass is 378 g/mol.